The predicted molar refractivity (Wildman–Crippen MR) is 88.0 cm³/mol. The van der Waals surface area contributed by atoms with Crippen molar-refractivity contribution in [2.24, 2.45) is 0 Å². The summed E-state index contributed by atoms with van der Waals surface area (Å²) in [6.07, 6.45) is 2.00. The van der Waals surface area contributed by atoms with Crippen molar-refractivity contribution in [3.63, 3.8) is 0 Å². The van der Waals surface area contributed by atoms with E-state index in [1.807, 2.05) is 6.92 Å². The molecule has 0 unspecified atom stereocenters. The van der Waals surface area contributed by atoms with E-state index in [2.05, 4.69) is 10.3 Å². The highest BCUT2D eigenvalue weighted by atomic mass is 35.5. The third-order valence-corrected chi connectivity index (χ3v) is 4.35. The van der Waals surface area contributed by atoms with Crippen LogP contribution in [0.5, 0.6) is 5.75 Å². The van der Waals surface area contributed by atoms with E-state index >= 15 is 0 Å². The van der Waals surface area contributed by atoms with E-state index < -0.39 is 5.97 Å². The van der Waals surface area contributed by atoms with Crippen LogP contribution in [0, 0.1) is 6.92 Å². The number of nitrogens with one attached hydrogen (secondary N) is 1. The fraction of sp³-hybridized carbons (Fsp3) is 0.235. The van der Waals surface area contributed by atoms with Crippen LogP contribution in [0.2, 0.25) is 5.02 Å². The smallest absolute Gasteiger partial charge is 0.354 e. The highest BCUT2D eigenvalue weighted by Crippen LogP contribution is 2.36. The maximum atomic E-state index is 12.2. The summed E-state index contributed by atoms with van der Waals surface area (Å²) in [7, 11) is 0. The molecular formula is C17H15ClN2O4. The molecule has 1 aliphatic heterocycles. The molecule has 0 spiro atoms. The number of nitrogens with zero attached hydrogens (tertiary/aromatic N) is 1. The number of hydrogen-bond donors (Lipinski definition) is 2. The molecule has 0 saturated heterocycles. The SMILES string of the molecule is Cc1c(Cc2ccc(C(=O)O)nc2)cc2c(c1Cl)OCCNC2=O. The van der Waals surface area contributed by atoms with Crippen LogP contribution in [-0.2, 0) is 6.42 Å². The molecule has 2 heterocycles. The van der Waals surface area contributed by atoms with Crippen LogP contribution >= 0.6 is 11.6 Å². The monoisotopic (exact) mass is 346 g/mol. The number of carboxylic acids is 1. The first-order valence-corrected chi connectivity index (χ1v) is 7.76. The second-order valence-corrected chi connectivity index (χ2v) is 5.87. The van der Waals surface area contributed by atoms with Crippen molar-refractivity contribution in [1.82, 2.24) is 10.3 Å². The maximum Gasteiger partial charge on any atom is 0.354 e. The number of carbonyl (C=O) groups is 2. The van der Waals surface area contributed by atoms with Gasteiger partial charge in [0, 0.05) is 6.20 Å². The highest BCUT2D eigenvalue weighted by molar-refractivity contribution is 6.33. The Morgan fingerprint density at radius 1 is 1.46 bits per heavy atom. The number of amides is 1. The fourth-order valence-electron chi connectivity index (χ4n) is 2.56. The Kier molecular flexibility index (Phi) is 4.40. The van der Waals surface area contributed by atoms with Crippen molar-refractivity contribution < 1.29 is 19.4 Å². The highest BCUT2D eigenvalue weighted by Gasteiger charge is 2.22. The van der Waals surface area contributed by atoms with Crippen molar-refractivity contribution in [3.05, 3.63) is 57.4 Å². The van der Waals surface area contributed by atoms with Gasteiger partial charge in [0.15, 0.2) is 5.75 Å². The molecule has 0 atom stereocenters. The summed E-state index contributed by atoms with van der Waals surface area (Å²) in [5.41, 5.74) is 2.92. The van der Waals surface area contributed by atoms with E-state index in [0.717, 1.165) is 16.7 Å². The molecule has 6 nitrogen and oxygen atoms in total. The minimum Gasteiger partial charge on any atom is -0.489 e. The summed E-state index contributed by atoms with van der Waals surface area (Å²) < 4.78 is 5.58. The zero-order chi connectivity index (χ0) is 17.3. The number of carbonyl (C=O) groups excluding carboxylic acids is 1. The van der Waals surface area contributed by atoms with Crippen molar-refractivity contribution in [3.8, 4) is 5.75 Å². The van der Waals surface area contributed by atoms with E-state index in [4.69, 9.17) is 21.4 Å². The quantitative estimate of drug-likeness (QED) is 0.891. The van der Waals surface area contributed by atoms with E-state index in [1.54, 1.807) is 12.1 Å². The first kappa shape index (κ1) is 16.3. The van der Waals surface area contributed by atoms with Gasteiger partial charge >= 0.3 is 5.97 Å². The van der Waals surface area contributed by atoms with E-state index in [1.165, 1.54) is 12.3 Å². The van der Waals surface area contributed by atoms with Gasteiger partial charge < -0.3 is 15.2 Å². The van der Waals surface area contributed by atoms with Gasteiger partial charge in [0.1, 0.15) is 12.3 Å². The fourth-order valence-corrected chi connectivity index (χ4v) is 2.84. The van der Waals surface area contributed by atoms with Crippen molar-refractivity contribution in [2.45, 2.75) is 13.3 Å². The molecule has 1 aliphatic rings. The van der Waals surface area contributed by atoms with Gasteiger partial charge in [-0.1, -0.05) is 17.7 Å². The molecule has 0 fully saturated rings. The van der Waals surface area contributed by atoms with Crippen LogP contribution in [0.15, 0.2) is 24.4 Å². The molecule has 1 aromatic heterocycles. The number of ether oxygens (including phenoxy) is 1. The molecule has 0 aliphatic carbocycles. The predicted octanol–water partition coefficient (Wildman–Crippen LogP) is 2.45. The van der Waals surface area contributed by atoms with Crippen LogP contribution < -0.4 is 10.1 Å². The number of pyridine rings is 1. The first-order valence-electron chi connectivity index (χ1n) is 7.38. The third kappa shape index (κ3) is 3.05. The Balaban J connectivity index is 1.98. The largest absolute Gasteiger partial charge is 0.489 e. The van der Waals surface area contributed by atoms with Gasteiger partial charge in [-0.3, -0.25) is 4.79 Å². The molecule has 2 aromatic rings. The topological polar surface area (TPSA) is 88.5 Å². The molecule has 24 heavy (non-hydrogen) atoms. The number of aromatic nitrogens is 1. The van der Waals surface area contributed by atoms with Crippen molar-refractivity contribution >= 4 is 23.5 Å². The number of halogens is 1. The molecule has 3 rings (SSSR count). The van der Waals surface area contributed by atoms with Gasteiger partial charge in [-0.25, -0.2) is 9.78 Å². The van der Waals surface area contributed by atoms with Crippen LogP contribution in [0.4, 0.5) is 0 Å². The lowest BCUT2D eigenvalue weighted by atomic mass is 9.97. The lowest BCUT2D eigenvalue weighted by Crippen LogP contribution is -2.24. The summed E-state index contributed by atoms with van der Waals surface area (Å²) in [5, 5.41) is 12.1. The molecular weight excluding hydrogens is 332 g/mol. The lowest BCUT2D eigenvalue weighted by Gasteiger charge is -2.14. The second kappa shape index (κ2) is 6.49. The average molecular weight is 347 g/mol. The summed E-state index contributed by atoms with van der Waals surface area (Å²) >= 11 is 6.39. The number of hydrogen-bond acceptors (Lipinski definition) is 4. The molecule has 0 saturated carbocycles. The van der Waals surface area contributed by atoms with Crippen molar-refractivity contribution in [2.75, 3.05) is 13.2 Å². The Bertz CT molecular complexity index is 818. The van der Waals surface area contributed by atoms with Crippen LogP contribution in [0.1, 0.15) is 37.5 Å². The Morgan fingerprint density at radius 3 is 2.92 bits per heavy atom. The van der Waals surface area contributed by atoms with Crippen LogP contribution in [0.25, 0.3) is 0 Å². The van der Waals surface area contributed by atoms with Gasteiger partial charge in [-0.15, -0.1) is 0 Å². The van der Waals surface area contributed by atoms with E-state index in [-0.39, 0.29) is 11.6 Å². The number of aromatic carboxylic acids is 1. The number of benzene rings is 1. The molecule has 2 N–H and O–H groups in total. The van der Waals surface area contributed by atoms with Gasteiger partial charge in [-0.2, -0.15) is 0 Å². The zero-order valence-electron chi connectivity index (χ0n) is 12.9. The molecule has 0 radical (unpaired) electrons. The second-order valence-electron chi connectivity index (χ2n) is 5.49. The Labute approximate surface area is 143 Å². The Hall–Kier alpha value is -2.60. The summed E-state index contributed by atoms with van der Waals surface area (Å²) in [4.78, 5) is 26.9. The lowest BCUT2D eigenvalue weighted by molar-refractivity contribution is 0.0690. The number of carboxylic acid groups (broad SMARTS) is 1. The standard InChI is InChI=1S/C17H15ClN2O4/c1-9-11(6-10-2-3-13(17(22)23)20-8-10)7-12-15(14(9)18)24-5-4-19-16(12)21/h2-3,7-8H,4-6H2,1H3,(H,19,21)(H,22,23). The molecule has 124 valence electrons. The number of fused-ring (bicyclic) bond motifs is 1. The summed E-state index contributed by atoms with van der Waals surface area (Å²) in [6, 6.07) is 4.92. The molecule has 0 bridgehead atoms. The third-order valence-electron chi connectivity index (χ3n) is 3.89. The average Bonchev–Trinajstić information content (AvgIpc) is 2.75. The molecule has 1 aromatic carbocycles. The van der Waals surface area contributed by atoms with Gasteiger partial charge in [0.25, 0.3) is 5.91 Å². The zero-order valence-corrected chi connectivity index (χ0v) is 13.7. The van der Waals surface area contributed by atoms with Crippen LogP contribution in [-0.4, -0.2) is 35.1 Å². The minimum atomic E-state index is -1.07. The van der Waals surface area contributed by atoms with Gasteiger partial charge in [0.2, 0.25) is 0 Å². The summed E-state index contributed by atoms with van der Waals surface area (Å²) in [5.74, 6) is -0.878. The summed E-state index contributed by atoms with van der Waals surface area (Å²) in [6.45, 7) is 2.67. The van der Waals surface area contributed by atoms with Gasteiger partial charge in [0.05, 0.1) is 17.1 Å². The molecule has 7 heteroatoms. The normalized spacial score (nSPS) is 13.5. The van der Waals surface area contributed by atoms with Gasteiger partial charge in [-0.05, 0) is 42.2 Å². The number of rotatable bonds is 3. The van der Waals surface area contributed by atoms with Crippen LogP contribution in [0.3, 0.4) is 0 Å². The first-order chi connectivity index (χ1) is 11.5. The molecule has 1 amide bonds. The Morgan fingerprint density at radius 2 is 2.25 bits per heavy atom. The maximum absolute atomic E-state index is 12.2. The minimum absolute atomic E-state index is 0.0109. The van der Waals surface area contributed by atoms with Crippen molar-refractivity contribution in [1.29, 1.82) is 0 Å². The van der Waals surface area contributed by atoms with E-state index in [0.29, 0.717) is 35.9 Å². The van der Waals surface area contributed by atoms with E-state index in [9.17, 15) is 9.59 Å².